The molecular formula is C17H22BNO4. The minimum Gasteiger partial charge on any atom is -0.423 e. The van der Waals surface area contributed by atoms with E-state index in [2.05, 4.69) is 6.08 Å². The second-order valence-corrected chi connectivity index (χ2v) is 5.92. The lowest BCUT2D eigenvalue weighted by Gasteiger charge is -2.20. The number of hydrogen-bond donors (Lipinski definition) is 2. The Morgan fingerprint density at radius 1 is 1.35 bits per heavy atom. The maximum absolute atomic E-state index is 12.4. The highest BCUT2D eigenvalue weighted by Crippen LogP contribution is 2.20. The minimum absolute atomic E-state index is 0.103. The van der Waals surface area contributed by atoms with E-state index in [4.69, 9.17) is 0 Å². The Balaban J connectivity index is 2.04. The molecule has 0 saturated carbocycles. The number of rotatable bonds is 6. The first-order chi connectivity index (χ1) is 11.0. The van der Waals surface area contributed by atoms with E-state index in [1.807, 2.05) is 0 Å². The smallest absolute Gasteiger partial charge is 0.423 e. The molecule has 23 heavy (non-hydrogen) atoms. The predicted molar refractivity (Wildman–Crippen MR) is 89.8 cm³/mol. The van der Waals surface area contributed by atoms with Gasteiger partial charge in [0.25, 0.3) is 5.91 Å². The zero-order chi connectivity index (χ0) is 16.8. The Labute approximate surface area is 136 Å². The van der Waals surface area contributed by atoms with Gasteiger partial charge in [-0.1, -0.05) is 17.7 Å². The topological polar surface area (TPSA) is 77.8 Å². The van der Waals surface area contributed by atoms with Gasteiger partial charge in [0.15, 0.2) is 0 Å². The van der Waals surface area contributed by atoms with Crippen molar-refractivity contribution in [2.75, 3.05) is 13.6 Å². The zero-order valence-corrected chi connectivity index (χ0v) is 13.4. The van der Waals surface area contributed by atoms with Crippen LogP contribution >= 0.6 is 0 Å². The van der Waals surface area contributed by atoms with Crippen LogP contribution in [0.1, 0.15) is 52.8 Å². The molecule has 0 atom stereocenters. The number of aldehydes is 1. The summed E-state index contributed by atoms with van der Waals surface area (Å²) in [6.45, 7) is 0.630. The molecule has 2 rings (SSSR count). The molecule has 0 aliphatic heterocycles. The van der Waals surface area contributed by atoms with Crippen molar-refractivity contribution >= 4 is 24.8 Å². The molecule has 1 amide bonds. The molecule has 2 N–H and O–H groups in total. The van der Waals surface area contributed by atoms with Gasteiger partial charge in [-0.2, -0.15) is 0 Å². The van der Waals surface area contributed by atoms with Gasteiger partial charge in [-0.15, -0.1) is 0 Å². The second-order valence-electron chi connectivity index (χ2n) is 5.92. The number of allylic oxidation sites excluding steroid dienone is 1. The van der Waals surface area contributed by atoms with Crippen LogP contribution in [0.5, 0.6) is 0 Å². The Kier molecular flexibility index (Phi) is 6.13. The molecular weight excluding hydrogens is 293 g/mol. The Bertz CT molecular complexity index is 613. The van der Waals surface area contributed by atoms with Crippen molar-refractivity contribution in [3.63, 3.8) is 0 Å². The van der Waals surface area contributed by atoms with E-state index < -0.39 is 7.12 Å². The van der Waals surface area contributed by atoms with Crippen molar-refractivity contribution in [3.8, 4) is 0 Å². The van der Waals surface area contributed by atoms with Gasteiger partial charge in [-0.3, -0.25) is 9.59 Å². The van der Waals surface area contributed by atoms with Gasteiger partial charge in [0.2, 0.25) is 0 Å². The average molecular weight is 315 g/mol. The number of nitrogens with zero attached hydrogens (tertiary/aromatic N) is 1. The molecule has 0 bridgehead atoms. The maximum atomic E-state index is 12.4. The predicted octanol–water partition coefficient (Wildman–Crippen LogP) is 1.14. The van der Waals surface area contributed by atoms with Gasteiger partial charge in [0.1, 0.15) is 6.29 Å². The third-order valence-corrected chi connectivity index (χ3v) is 4.24. The summed E-state index contributed by atoms with van der Waals surface area (Å²) in [6, 6.07) is 4.32. The summed E-state index contributed by atoms with van der Waals surface area (Å²) in [5.41, 5.74) is 2.00. The van der Waals surface area contributed by atoms with Crippen molar-refractivity contribution in [2.45, 2.75) is 32.1 Å². The van der Waals surface area contributed by atoms with Gasteiger partial charge >= 0.3 is 7.12 Å². The van der Waals surface area contributed by atoms with Gasteiger partial charge in [-0.25, -0.2) is 0 Å². The summed E-state index contributed by atoms with van der Waals surface area (Å²) in [4.78, 5) is 25.1. The van der Waals surface area contributed by atoms with E-state index in [-0.39, 0.29) is 16.9 Å². The van der Waals surface area contributed by atoms with Gasteiger partial charge in [0.05, 0.1) is 0 Å². The average Bonchev–Trinajstić information content (AvgIpc) is 2.59. The van der Waals surface area contributed by atoms with Crippen molar-refractivity contribution in [1.82, 2.24) is 4.90 Å². The molecule has 0 saturated heterocycles. The maximum Gasteiger partial charge on any atom is 0.489 e. The number of hydrogen-bond acceptors (Lipinski definition) is 4. The molecule has 0 fully saturated rings. The van der Waals surface area contributed by atoms with Crippen LogP contribution in [-0.4, -0.2) is 47.9 Å². The molecule has 1 aromatic carbocycles. The number of amides is 1. The summed E-state index contributed by atoms with van der Waals surface area (Å²) in [5, 5.41) is 18.4. The fourth-order valence-corrected chi connectivity index (χ4v) is 2.81. The standard InChI is InChI=1S/C17H22BNO4/c1-19(10-9-13-5-3-2-4-6-13)17(21)14-7-8-16(18(22)23)15(11-14)12-20/h5,7-8,11-12,22-23H,2-4,6,9-10H2,1H3. The van der Waals surface area contributed by atoms with Crippen LogP contribution < -0.4 is 5.46 Å². The van der Waals surface area contributed by atoms with Crippen molar-refractivity contribution < 1.29 is 19.6 Å². The Morgan fingerprint density at radius 3 is 2.74 bits per heavy atom. The first-order valence-corrected chi connectivity index (χ1v) is 7.91. The molecule has 1 aliphatic rings. The number of carbonyl (C=O) groups excluding carboxylic acids is 2. The normalized spacial score (nSPS) is 14.1. The van der Waals surface area contributed by atoms with E-state index in [0.717, 1.165) is 19.3 Å². The molecule has 5 nitrogen and oxygen atoms in total. The van der Waals surface area contributed by atoms with Crippen molar-refractivity contribution in [3.05, 3.63) is 41.0 Å². The highest BCUT2D eigenvalue weighted by atomic mass is 16.4. The van der Waals surface area contributed by atoms with Crippen LogP contribution in [0.2, 0.25) is 0 Å². The van der Waals surface area contributed by atoms with E-state index in [9.17, 15) is 19.6 Å². The minimum atomic E-state index is -1.73. The monoisotopic (exact) mass is 315 g/mol. The molecule has 1 aromatic rings. The lowest BCUT2D eigenvalue weighted by molar-refractivity contribution is 0.0796. The van der Waals surface area contributed by atoms with Crippen molar-refractivity contribution in [2.24, 2.45) is 0 Å². The summed E-state index contributed by atoms with van der Waals surface area (Å²) in [7, 11) is 0.0107. The fraction of sp³-hybridized carbons (Fsp3) is 0.412. The third-order valence-electron chi connectivity index (χ3n) is 4.24. The van der Waals surface area contributed by atoms with Gasteiger partial charge in [0, 0.05) is 24.7 Å². The lowest BCUT2D eigenvalue weighted by atomic mass is 9.77. The van der Waals surface area contributed by atoms with Crippen LogP contribution in [0, 0.1) is 0 Å². The van der Waals surface area contributed by atoms with E-state index >= 15 is 0 Å². The first kappa shape index (κ1) is 17.4. The fourth-order valence-electron chi connectivity index (χ4n) is 2.81. The molecule has 0 unspecified atom stereocenters. The molecule has 1 aliphatic carbocycles. The van der Waals surface area contributed by atoms with E-state index in [0.29, 0.717) is 18.4 Å². The Morgan fingerprint density at radius 2 is 2.13 bits per heavy atom. The van der Waals surface area contributed by atoms with Crippen LogP contribution in [0.3, 0.4) is 0 Å². The number of benzene rings is 1. The van der Waals surface area contributed by atoms with Crippen LogP contribution in [0.25, 0.3) is 0 Å². The van der Waals surface area contributed by atoms with Crippen LogP contribution in [-0.2, 0) is 0 Å². The molecule has 0 heterocycles. The van der Waals surface area contributed by atoms with Gasteiger partial charge < -0.3 is 14.9 Å². The highest BCUT2D eigenvalue weighted by molar-refractivity contribution is 6.60. The summed E-state index contributed by atoms with van der Waals surface area (Å²) in [6.07, 6.45) is 8.37. The van der Waals surface area contributed by atoms with E-state index in [1.54, 1.807) is 11.9 Å². The lowest BCUT2D eigenvalue weighted by Crippen LogP contribution is -2.34. The summed E-state index contributed by atoms with van der Waals surface area (Å²) < 4.78 is 0. The first-order valence-electron chi connectivity index (χ1n) is 7.91. The zero-order valence-electron chi connectivity index (χ0n) is 13.4. The summed E-state index contributed by atoms with van der Waals surface area (Å²) in [5.74, 6) is -0.177. The highest BCUT2D eigenvalue weighted by Gasteiger charge is 2.19. The molecule has 0 spiro atoms. The molecule has 122 valence electrons. The second kappa shape index (κ2) is 8.08. The van der Waals surface area contributed by atoms with E-state index in [1.165, 1.54) is 36.6 Å². The van der Waals surface area contributed by atoms with Gasteiger partial charge in [-0.05, 0) is 49.7 Å². The van der Waals surface area contributed by atoms with Crippen LogP contribution in [0.4, 0.5) is 0 Å². The SMILES string of the molecule is CN(CCC1=CCCCC1)C(=O)c1ccc(B(O)O)c(C=O)c1. The van der Waals surface area contributed by atoms with Crippen LogP contribution in [0.15, 0.2) is 29.8 Å². The Hall–Kier alpha value is -1.92. The molecule has 0 radical (unpaired) electrons. The van der Waals surface area contributed by atoms with Crippen molar-refractivity contribution in [1.29, 1.82) is 0 Å². The molecule has 6 heteroatoms. The quantitative estimate of drug-likeness (QED) is 0.469. The summed E-state index contributed by atoms with van der Waals surface area (Å²) >= 11 is 0. The number of carbonyl (C=O) groups is 2. The third kappa shape index (κ3) is 4.53. The largest absolute Gasteiger partial charge is 0.489 e. The molecule has 0 aromatic heterocycles.